The number of rotatable bonds is 3. The molecule has 0 fully saturated rings. The van der Waals surface area contributed by atoms with Crippen LogP contribution in [0.2, 0.25) is 0 Å². The molecular formula is C13H13BrF2N2O. The van der Waals surface area contributed by atoms with Crippen molar-refractivity contribution in [2.75, 3.05) is 5.73 Å². The summed E-state index contributed by atoms with van der Waals surface area (Å²) in [6.07, 6.45) is 0.541. The largest absolute Gasteiger partial charge is 0.367 e. The Labute approximate surface area is 117 Å². The zero-order valence-corrected chi connectivity index (χ0v) is 12.1. The highest BCUT2D eigenvalue weighted by Gasteiger charge is 2.22. The number of hydrogen-bond donors (Lipinski definition) is 1. The zero-order valence-electron chi connectivity index (χ0n) is 10.5. The minimum Gasteiger partial charge on any atom is -0.367 e. The average molecular weight is 331 g/mol. The number of benzene rings is 1. The Morgan fingerprint density at radius 3 is 2.42 bits per heavy atom. The summed E-state index contributed by atoms with van der Waals surface area (Å²) in [5.41, 5.74) is 6.13. The van der Waals surface area contributed by atoms with E-state index in [1.165, 1.54) is 12.1 Å². The maximum Gasteiger partial charge on any atom is 0.225 e. The highest BCUT2D eigenvalue weighted by Crippen LogP contribution is 2.34. The fraction of sp³-hybridized carbons (Fsp3) is 0.308. The van der Waals surface area contributed by atoms with Crippen LogP contribution in [-0.2, 0) is 6.42 Å². The first-order valence-electron chi connectivity index (χ1n) is 5.79. The number of halogens is 3. The molecule has 102 valence electrons. The lowest BCUT2D eigenvalue weighted by atomic mass is 9.99. The molecule has 0 atom stereocenters. The predicted molar refractivity (Wildman–Crippen MR) is 72.5 cm³/mol. The van der Waals surface area contributed by atoms with Gasteiger partial charge in [-0.25, -0.2) is 8.78 Å². The normalized spacial score (nSPS) is 11.3. The van der Waals surface area contributed by atoms with Crippen LogP contribution in [0.1, 0.15) is 19.4 Å². The van der Waals surface area contributed by atoms with Crippen LogP contribution in [0.3, 0.4) is 0 Å². The van der Waals surface area contributed by atoms with Gasteiger partial charge in [0.2, 0.25) is 5.88 Å². The van der Waals surface area contributed by atoms with Crippen LogP contribution in [-0.4, -0.2) is 5.16 Å². The lowest BCUT2D eigenvalue weighted by Crippen LogP contribution is -2.00. The number of nitrogen functional groups attached to an aromatic ring is 1. The van der Waals surface area contributed by atoms with Gasteiger partial charge in [0.25, 0.3) is 0 Å². The molecule has 0 aliphatic carbocycles. The number of nitrogens with two attached hydrogens (primary N) is 1. The zero-order chi connectivity index (χ0) is 14.2. The third-order valence-corrected chi connectivity index (χ3v) is 3.13. The Kier molecular flexibility index (Phi) is 3.89. The maximum atomic E-state index is 13.9. The summed E-state index contributed by atoms with van der Waals surface area (Å²) in [5.74, 6) is -1.04. The summed E-state index contributed by atoms with van der Waals surface area (Å²) < 4.78 is 33.1. The molecular weight excluding hydrogens is 318 g/mol. The SMILES string of the molecule is CC(C)Cc1c(-c2c(F)cc(Br)cc2F)noc1N. The summed E-state index contributed by atoms with van der Waals surface area (Å²) in [6, 6.07) is 2.37. The van der Waals surface area contributed by atoms with E-state index in [4.69, 9.17) is 10.3 Å². The molecule has 0 unspecified atom stereocenters. The van der Waals surface area contributed by atoms with Crippen molar-refractivity contribution in [3.8, 4) is 11.3 Å². The van der Waals surface area contributed by atoms with Crippen molar-refractivity contribution >= 4 is 21.8 Å². The van der Waals surface area contributed by atoms with Crippen molar-refractivity contribution in [2.45, 2.75) is 20.3 Å². The molecule has 0 spiro atoms. The molecule has 0 radical (unpaired) electrons. The van der Waals surface area contributed by atoms with E-state index in [0.29, 0.717) is 16.5 Å². The monoisotopic (exact) mass is 330 g/mol. The quantitative estimate of drug-likeness (QED) is 0.919. The van der Waals surface area contributed by atoms with E-state index in [2.05, 4.69) is 21.1 Å². The van der Waals surface area contributed by atoms with Gasteiger partial charge in [-0.15, -0.1) is 0 Å². The van der Waals surface area contributed by atoms with Gasteiger partial charge < -0.3 is 10.3 Å². The molecule has 19 heavy (non-hydrogen) atoms. The Hall–Kier alpha value is -1.43. The average Bonchev–Trinajstić information content (AvgIpc) is 2.59. The van der Waals surface area contributed by atoms with E-state index < -0.39 is 11.6 Å². The van der Waals surface area contributed by atoms with E-state index in [9.17, 15) is 8.78 Å². The van der Waals surface area contributed by atoms with Crippen LogP contribution in [0.15, 0.2) is 21.1 Å². The molecule has 0 aliphatic rings. The van der Waals surface area contributed by atoms with Gasteiger partial charge in [0, 0.05) is 10.0 Å². The van der Waals surface area contributed by atoms with Crippen LogP contribution >= 0.6 is 15.9 Å². The summed E-state index contributed by atoms with van der Waals surface area (Å²) in [7, 11) is 0. The molecule has 2 N–H and O–H groups in total. The van der Waals surface area contributed by atoms with E-state index in [0.717, 1.165) is 0 Å². The first kappa shape index (κ1) is 14.0. The van der Waals surface area contributed by atoms with Crippen molar-refractivity contribution < 1.29 is 13.3 Å². The molecule has 1 aromatic heterocycles. The summed E-state index contributed by atoms with van der Waals surface area (Å²) in [4.78, 5) is 0. The fourth-order valence-corrected chi connectivity index (χ4v) is 2.29. The van der Waals surface area contributed by atoms with Crippen LogP contribution in [0.4, 0.5) is 14.7 Å². The van der Waals surface area contributed by atoms with E-state index in [1.54, 1.807) is 0 Å². The number of aromatic nitrogens is 1. The Morgan fingerprint density at radius 1 is 1.32 bits per heavy atom. The fourth-order valence-electron chi connectivity index (χ4n) is 1.89. The minimum absolute atomic E-state index is 0.102. The number of anilines is 1. The predicted octanol–water partition coefficient (Wildman–Crippen LogP) is 4.16. The standard InChI is InChI=1S/C13H13BrF2N2O/c1-6(2)3-8-12(18-19-13(8)17)11-9(15)4-7(14)5-10(11)16/h4-6H,3,17H2,1-2H3. The van der Waals surface area contributed by atoms with Gasteiger partial charge in [-0.05, 0) is 24.5 Å². The third-order valence-electron chi connectivity index (χ3n) is 2.67. The molecule has 0 bridgehead atoms. The van der Waals surface area contributed by atoms with Crippen molar-refractivity contribution in [1.82, 2.24) is 5.16 Å². The highest BCUT2D eigenvalue weighted by atomic mass is 79.9. The van der Waals surface area contributed by atoms with Gasteiger partial charge in [-0.3, -0.25) is 0 Å². The maximum absolute atomic E-state index is 13.9. The molecule has 0 aliphatic heterocycles. The van der Waals surface area contributed by atoms with Crippen molar-refractivity contribution in [2.24, 2.45) is 5.92 Å². The first-order chi connectivity index (χ1) is 8.90. The van der Waals surface area contributed by atoms with Gasteiger partial charge in [0.1, 0.15) is 17.3 Å². The molecule has 2 aromatic rings. The Morgan fingerprint density at radius 2 is 1.89 bits per heavy atom. The lowest BCUT2D eigenvalue weighted by Gasteiger charge is -2.07. The summed E-state index contributed by atoms with van der Waals surface area (Å²) in [6.45, 7) is 3.95. The van der Waals surface area contributed by atoms with Crippen molar-refractivity contribution in [3.63, 3.8) is 0 Å². The third kappa shape index (κ3) is 2.78. The minimum atomic E-state index is -0.704. The second-order valence-corrected chi connectivity index (χ2v) is 5.63. The number of hydrogen-bond acceptors (Lipinski definition) is 3. The van der Waals surface area contributed by atoms with Crippen LogP contribution < -0.4 is 5.73 Å². The molecule has 3 nitrogen and oxygen atoms in total. The van der Waals surface area contributed by atoms with E-state index in [-0.39, 0.29) is 23.1 Å². The van der Waals surface area contributed by atoms with Gasteiger partial charge in [0.05, 0.1) is 5.56 Å². The molecule has 6 heteroatoms. The molecule has 1 heterocycles. The van der Waals surface area contributed by atoms with Gasteiger partial charge >= 0.3 is 0 Å². The number of nitrogens with zero attached hydrogens (tertiary/aromatic N) is 1. The van der Waals surface area contributed by atoms with Crippen LogP contribution in [0.5, 0.6) is 0 Å². The lowest BCUT2D eigenvalue weighted by molar-refractivity contribution is 0.436. The smallest absolute Gasteiger partial charge is 0.225 e. The Bertz CT molecular complexity index is 588. The van der Waals surface area contributed by atoms with Crippen molar-refractivity contribution in [3.05, 3.63) is 33.8 Å². The Balaban J connectivity index is 2.60. The molecule has 2 rings (SSSR count). The van der Waals surface area contributed by atoms with Gasteiger partial charge in [-0.1, -0.05) is 34.9 Å². The molecule has 0 amide bonds. The summed E-state index contributed by atoms with van der Waals surface area (Å²) >= 11 is 3.04. The van der Waals surface area contributed by atoms with E-state index >= 15 is 0 Å². The van der Waals surface area contributed by atoms with E-state index in [1.807, 2.05) is 13.8 Å². The molecule has 0 saturated heterocycles. The van der Waals surface area contributed by atoms with Crippen molar-refractivity contribution in [1.29, 1.82) is 0 Å². The van der Waals surface area contributed by atoms with Gasteiger partial charge in [-0.2, -0.15) is 0 Å². The topological polar surface area (TPSA) is 52.0 Å². The highest BCUT2D eigenvalue weighted by molar-refractivity contribution is 9.10. The summed E-state index contributed by atoms with van der Waals surface area (Å²) in [5, 5.41) is 3.70. The first-order valence-corrected chi connectivity index (χ1v) is 6.58. The second kappa shape index (κ2) is 5.28. The molecule has 0 saturated carbocycles. The van der Waals surface area contributed by atoms with Gasteiger partial charge in [0.15, 0.2) is 0 Å². The van der Waals surface area contributed by atoms with Crippen LogP contribution in [0, 0.1) is 17.6 Å². The second-order valence-electron chi connectivity index (χ2n) is 4.72. The molecule has 1 aromatic carbocycles. The van der Waals surface area contributed by atoms with Crippen LogP contribution in [0.25, 0.3) is 11.3 Å².